The Labute approximate surface area is 187 Å². The van der Waals surface area contributed by atoms with Crippen LogP contribution >= 0.6 is 0 Å². The molecular formula is C24H24N2O5S. The van der Waals surface area contributed by atoms with E-state index in [0.29, 0.717) is 28.1 Å². The van der Waals surface area contributed by atoms with Crippen LogP contribution in [0.4, 0.5) is 11.4 Å². The molecule has 7 nitrogen and oxygen atoms in total. The van der Waals surface area contributed by atoms with Crippen LogP contribution in [0.5, 0.6) is 0 Å². The number of esters is 1. The van der Waals surface area contributed by atoms with E-state index in [2.05, 4.69) is 10.0 Å². The number of hydrogen-bond acceptors (Lipinski definition) is 5. The van der Waals surface area contributed by atoms with Gasteiger partial charge in [0, 0.05) is 11.3 Å². The molecule has 32 heavy (non-hydrogen) atoms. The van der Waals surface area contributed by atoms with E-state index in [4.69, 9.17) is 4.74 Å². The van der Waals surface area contributed by atoms with Crippen molar-refractivity contribution in [2.75, 3.05) is 16.6 Å². The van der Waals surface area contributed by atoms with Crippen molar-refractivity contribution in [1.82, 2.24) is 0 Å². The van der Waals surface area contributed by atoms with E-state index in [1.54, 1.807) is 68.4 Å². The monoisotopic (exact) mass is 452 g/mol. The highest BCUT2D eigenvalue weighted by Crippen LogP contribution is 2.24. The quantitative estimate of drug-likeness (QED) is 0.513. The summed E-state index contributed by atoms with van der Waals surface area (Å²) < 4.78 is 32.9. The van der Waals surface area contributed by atoms with Gasteiger partial charge >= 0.3 is 5.97 Å². The number of hydrogen-bond donors (Lipinski definition) is 2. The van der Waals surface area contributed by atoms with E-state index >= 15 is 0 Å². The summed E-state index contributed by atoms with van der Waals surface area (Å²) >= 11 is 0. The second-order valence-corrected chi connectivity index (χ2v) is 8.78. The summed E-state index contributed by atoms with van der Waals surface area (Å²) in [5.41, 5.74) is 2.65. The van der Waals surface area contributed by atoms with Crippen LogP contribution in [0, 0.1) is 13.8 Å². The fraction of sp³-hybridized carbons (Fsp3) is 0.167. The molecule has 8 heteroatoms. The molecule has 0 unspecified atom stereocenters. The Morgan fingerprint density at radius 3 is 2.31 bits per heavy atom. The zero-order valence-electron chi connectivity index (χ0n) is 18.0. The van der Waals surface area contributed by atoms with Gasteiger partial charge in [-0.2, -0.15) is 0 Å². The van der Waals surface area contributed by atoms with Crippen molar-refractivity contribution in [3.63, 3.8) is 0 Å². The minimum atomic E-state index is -3.80. The van der Waals surface area contributed by atoms with Gasteiger partial charge in [-0.1, -0.05) is 30.3 Å². The van der Waals surface area contributed by atoms with Gasteiger partial charge in [0.05, 0.1) is 22.8 Å². The van der Waals surface area contributed by atoms with Crippen molar-refractivity contribution in [3.05, 3.63) is 89.0 Å². The standard InChI is InChI=1S/C24H24N2O5S/c1-4-31-24(28)18-14-13-16(2)22(15-18)25-23(27)20-11-8-12-21(17(20)3)26-32(29,30)19-9-6-5-7-10-19/h5-15,26H,4H2,1-3H3,(H,25,27). The van der Waals surface area contributed by atoms with Crippen molar-refractivity contribution < 1.29 is 22.7 Å². The van der Waals surface area contributed by atoms with Gasteiger partial charge in [0.1, 0.15) is 0 Å². The maximum atomic E-state index is 13.0. The molecule has 3 rings (SSSR count). The molecule has 0 saturated carbocycles. The highest BCUT2D eigenvalue weighted by Gasteiger charge is 2.19. The van der Waals surface area contributed by atoms with Gasteiger partial charge in [0.2, 0.25) is 0 Å². The number of carbonyl (C=O) groups excluding carboxylic acids is 2. The first kappa shape index (κ1) is 23.0. The van der Waals surface area contributed by atoms with Gasteiger partial charge in [-0.05, 0) is 68.3 Å². The van der Waals surface area contributed by atoms with E-state index in [0.717, 1.165) is 5.56 Å². The Kier molecular flexibility index (Phi) is 6.95. The Bertz CT molecular complexity index is 1250. The molecule has 0 atom stereocenters. The summed E-state index contributed by atoms with van der Waals surface area (Å²) in [5.74, 6) is -0.899. The third kappa shape index (κ3) is 5.15. The lowest BCUT2D eigenvalue weighted by atomic mass is 10.1. The highest BCUT2D eigenvalue weighted by molar-refractivity contribution is 7.92. The molecule has 1 amide bonds. The van der Waals surface area contributed by atoms with Crippen LogP contribution in [0.3, 0.4) is 0 Å². The number of anilines is 2. The number of benzene rings is 3. The Hall–Kier alpha value is -3.65. The zero-order valence-corrected chi connectivity index (χ0v) is 18.8. The molecule has 166 valence electrons. The Morgan fingerprint density at radius 1 is 0.906 bits per heavy atom. The lowest BCUT2D eigenvalue weighted by Gasteiger charge is -2.15. The maximum Gasteiger partial charge on any atom is 0.338 e. The Balaban J connectivity index is 1.86. The summed E-state index contributed by atoms with van der Waals surface area (Å²) in [6.07, 6.45) is 0. The van der Waals surface area contributed by atoms with Crippen LogP contribution in [-0.2, 0) is 14.8 Å². The van der Waals surface area contributed by atoms with E-state index < -0.39 is 21.9 Å². The molecule has 0 radical (unpaired) electrons. The predicted octanol–water partition coefficient (Wildman–Crippen LogP) is 4.53. The van der Waals surface area contributed by atoms with E-state index in [-0.39, 0.29) is 11.5 Å². The average molecular weight is 453 g/mol. The fourth-order valence-corrected chi connectivity index (χ4v) is 4.23. The topological polar surface area (TPSA) is 102 Å². The predicted molar refractivity (Wildman–Crippen MR) is 124 cm³/mol. The second kappa shape index (κ2) is 9.65. The summed E-state index contributed by atoms with van der Waals surface area (Å²) in [5, 5.41) is 2.80. The zero-order chi connectivity index (χ0) is 23.3. The maximum absolute atomic E-state index is 13.0. The van der Waals surface area contributed by atoms with Crippen LogP contribution in [0.15, 0.2) is 71.6 Å². The first-order chi connectivity index (χ1) is 15.2. The fourth-order valence-electron chi connectivity index (χ4n) is 3.08. The van der Waals surface area contributed by atoms with Gasteiger partial charge in [0.25, 0.3) is 15.9 Å². The SMILES string of the molecule is CCOC(=O)c1ccc(C)c(NC(=O)c2cccc(NS(=O)(=O)c3ccccc3)c2C)c1. The normalized spacial score (nSPS) is 11.0. The van der Waals surface area contributed by atoms with Gasteiger partial charge in [0.15, 0.2) is 0 Å². The van der Waals surface area contributed by atoms with Crippen molar-refractivity contribution >= 4 is 33.3 Å². The molecular weight excluding hydrogens is 428 g/mol. The molecule has 0 fully saturated rings. The lowest BCUT2D eigenvalue weighted by Crippen LogP contribution is -2.18. The van der Waals surface area contributed by atoms with E-state index in [1.807, 2.05) is 6.92 Å². The van der Waals surface area contributed by atoms with Crippen molar-refractivity contribution in [1.29, 1.82) is 0 Å². The molecule has 2 N–H and O–H groups in total. The van der Waals surface area contributed by atoms with Crippen LogP contribution in [0.1, 0.15) is 38.8 Å². The molecule has 0 aliphatic heterocycles. The first-order valence-electron chi connectivity index (χ1n) is 9.99. The number of aryl methyl sites for hydroxylation is 1. The molecule has 3 aromatic carbocycles. The van der Waals surface area contributed by atoms with Crippen molar-refractivity contribution in [3.8, 4) is 0 Å². The van der Waals surface area contributed by atoms with Crippen molar-refractivity contribution in [2.45, 2.75) is 25.7 Å². The lowest BCUT2D eigenvalue weighted by molar-refractivity contribution is 0.0526. The highest BCUT2D eigenvalue weighted by atomic mass is 32.2. The summed E-state index contributed by atoms with van der Waals surface area (Å²) in [6.45, 7) is 5.44. The van der Waals surface area contributed by atoms with Gasteiger partial charge in [-0.15, -0.1) is 0 Å². The number of ether oxygens (including phenoxy) is 1. The average Bonchev–Trinajstić information content (AvgIpc) is 2.77. The van der Waals surface area contributed by atoms with Crippen LogP contribution in [-0.4, -0.2) is 26.9 Å². The first-order valence-corrected chi connectivity index (χ1v) is 11.5. The second-order valence-electron chi connectivity index (χ2n) is 7.10. The van der Waals surface area contributed by atoms with Crippen LogP contribution in [0.2, 0.25) is 0 Å². The third-order valence-electron chi connectivity index (χ3n) is 4.87. The number of amides is 1. The number of nitrogens with one attached hydrogen (secondary N) is 2. The third-order valence-corrected chi connectivity index (χ3v) is 6.25. The Morgan fingerprint density at radius 2 is 1.62 bits per heavy atom. The molecule has 0 bridgehead atoms. The number of carbonyl (C=O) groups is 2. The van der Waals surface area contributed by atoms with Crippen LogP contribution in [0.25, 0.3) is 0 Å². The summed E-state index contributed by atoms with van der Waals surface area (Å²) in [4.78, 5) is 25.1. The van der Waals surface area contributed by atoms with Crippen LogP contribution < -0.4 is 10.0 Å². The summed E-state index contributed by atoms with van der Waals surface area (Å²) in [7, 11) is -3.80. The van der Waals surface area contributed by atoms with E-state index in [9.17, 15) is 18.0 Å². The molecule has 0 aliphatic carbocycles. The minimum Gasteiger partial charge on any atom is -0.462 e. The number of rotatable bonds is 7. The number of sulfonamides is 1. The largest absolute Gasteiger partial charge is 0.462 e. The van der Waals surface area contributed by atoms with E-state index in [1.165, 1.54) is 12.1 Å². The van der Waals surface area contributed by atoms with Gasteiger partial charge in [-0.25, -0.2) is 13.2 Å². The molecule has 3 aromatic rings. The molecule has 0 spiro atoms. The van der Waals surface area contributed by atoms with Gasteiger partial charge < -0.3 is 10.1 Å². The summed E-state index contributed by atoms with van der Waals surface area (Å²) in [6, 6.07) is 17.7. The smallest absolute Gasteiger partial charge is 0.338 e. The molecule has 0 saturated heterocycles. The van der Waals surface area contributed by atoms with Crippen molar-refractivity contribution in [2.24, 2.45) is 0 Å². The minimum absolute atomic E-state index is 0.126. The molecule has 0 heterocycles. The van der Waals surface area contributed by atoms with Gasteiger partial charge in [-0.3, -0.25) is 9.52 Å². The molecule has 0 aromatic heterocycles. The molecule has 0 aliphatic rings.